The van der Waals surface area contributed by atoms with Crippen LogP contribution in [-0.4, -0.2) is 47.4 Å². The van der Waals surface area contributed by atoms with Crippen LogP contribution in [0.2, 0.25) is 0 Å². The lowest BCUT2D eigenvalue weighted by Crippen LogP contribution is -2.40. The zero-order chi connectivity index (χ0) is 33.8. The summed E-state index contributed by atoms with van der Waals surface area (Å²) in [7, 11) is 1.25. The summed E-state index contributed by atoms with van der Waals surface area (Å²) in [6.07, 6.45) is 22.9. The van der Waals surface area contributed by atoms with Crippen molar-refractivity contribution in [1.82, 2.24) is 15.5 Å². The van der Waals surface area contributed by atoms with Gasteiger partial charge in [0.2, 0.25) is 11.6 Å². The molecule has 0 spiro atoms. The Bertz CT molecular complexity index is 1780. The Hall–Kier alpha value is -4.22. The van der Waals surface area contributed by atoms with Gasteiger partial charge in [0.25, 0.3) is 0 Å². The van der Waals surface area contributed by atoms with Gasteiger partial charge in [0, 0.05) is 41.8 Å². The highest BCUT2D eigenvalue weighted by Crippen LogP contribution is 2.57. The first-order chi connectivity index (χ1) is 22.7. The number of amides is 1. The van der Waals surface area contributed by atoms with E-state index in [1.807, 2.05) is 6.92 Å². The van der Waals surface area contributed by atoms with E-state index in [-0.39, 0.29) is 16.7 Å². The summed E-state index contributed by atoms with van der Waals surface area (Å²) in [5.41, 5.74) is 8.96. The Morgan fingerprint density at radius 2 is 1.80 bits per heavy atom. The number of hydrogen-bond acceptors (Lipinski definition) is 3. The summed E-state index contributed by atoms with van der Waals surface area (Å²) >= 11 is 0. The first kappa shape index (κ1) is 31.7. The van der Waals surface area contributed by atoms with E-state index in [0.29, 0.717) is 19.1 Å². The molecule has 2 heterocycles. The predicted octanol–water partition coefficient (Wildman–Crippen LogP) is 8.22. The van der Waals surface area contributed by atoms with E-state index < -0.39 is 0 Å². The number of benzene rings is 2. The van der Waals surface area contributed by atoms with Crippen LogP contribution >= 0.6 is 0 Å². The molecule has 0 aromatic heterocycles. The van der Waals surface area contributed by atoms with E-state index in [1.54, 1.807) is 0 Å². The van der Waals surface area contributed by atoms with Crippen molar-refractivity contribution in [3.63, 3.8) is 0 Å². The van der Waals surface area contributed by atoms with E-state index in [0.717, 1.165) is 19.5 Å². The van der Waals surface area contributed by atoms with Gasteiger partial charge in [-0.15, -0.1) is 0 Å². The van der Waals surface area contributed by atoms with Gasteiger partial charge < -0.3 is 15.5 Å². The minimum atomic E-state index is -0.159. The molecule has 0 fully saturated rings. The lowest BCUT2D eigenvalue weighted by molar-refractivity contribution is -0.433. The third-order valence-electron chi connectivity index (χ3n) is 9.89. The third-order valence-corrected chi connectivity index (χ3v) is 9.89. The van der Waals surface area contributed by atoms with Crippen LogP contribution in [0, 0.1) is 11.3 Å². The maximum absolute atomic E-state index is 12.9. The monoisotopic (exact) mass is 616 g/mol. The Balaban J connectivity index is 0.00000213. The molecule has 0 saturated carbocycles. The zero-order valence-corrected chi connectivity index (χ0v) is 28.7. The van der Waals surface area contributed by atoms with Gasteiger partial charge in [0.05, 0.1) is 12.1 Å². The van der Waals surface area contributed by atoms with Crippen molar-refractivity contribution in [2.45, 2.75) is 60.8 Å². The van der Waals surface area contributed by atoms with Crippen LogP contribution in [0.3, 0.4) is 0 Å². The Morgan fingerprint density at radius 1 is 1.04 bits per heavy atom. The van der Waals surface area contributed by atoms with Gasteiger partial charge >= 0.3 is 0 Å². The molecule has 0 bridgehead atoms. The molecule has 0 saturated heterocycles. The van der Waals surface area contributed by atoms with Crippen LogP contribution in [-0.2, 0) is 10.2 Å². The van der Waals surface area contributed by atoms with Crippen molar-refractivity contribution in [1.29, 1.82) is 0 Å². The van der Waals surface area contributed by atoms with Crippen molar-refractivity contribution < 1.29 is 10.7 Å². The van der Waals surface area contributed by atoms with Crippen molar-refractivity contribution in [3.05, 3.63) is 125 Å². The minimum absolute atomic E-state index is 0.0232. The van der Waals surface area contributed by atoms with E-state index in [9.17, 15) is 4.79 Å². The second-order valence-corrected chi connectivity index (χ2v) is 13.3. The molecule has 2 aliphatic carbocycles. The fourth-order valence-corrected chi connectivity index (χ4v) is 7.84. The average Bonchev–Trinajstić information content (AvgIpc) is 3.76. The summed E-state index contributed by atoms with van der Waals surface area (Å²) in [6.45, 7) is 16.1. The highest BCUT2D eigenvalue weighted by atomic mass is 16.2. The van der Waals surface area contributed by atoms with Crippen molar-refractivity contribution in [2.24, 2.45) is 11.3 Å². The molecule has 5 heteroatoms. The zero-order valence-electron chi connectivity index (χ0n) is 29.7. The van der Waals surface area contributed by atoms with Crippen LogP contribution in [0.4, 0.5) is 5.69 Å². The molecule has 2 aromatic rings. The summed E-state index contributed by atoms with van der Waals surface area (Å²) in [4.78, 5) is 15.2. The predicted molar refractivity (Wildman–Crippen MR) is 194 cm³/mol. The second-order valence-electron chi connectivity index (χ2n) is 13.3. The van der Waals surface area contributed by atoms with Crippen molar-refractivity contribution in [2.75, 3.05) is 26.3 Å². The third kappa shape index (κ3) is 5.66. The fraction of sp³-hybridized carbons (Fsp3) is 0.366. The molecular formula is C41H51N4O+. The average molecular weight is 617 g/mol. The molecule has 2 aliphatic heterocycles. The topological polar surface area (TPSA) is 47.4 Å². The number of hydrogen-bond donors (Lipinski definition) is 2. The van der Waals surface area contributed by atoms with Crippen LogP contribution in [0.5, 0.6) is 0 Å². The molecule has 2 N–H and O–H groups in total. The first-order valence-corrected chi connectivity index (χ1v) is 16.5. The standard InChI is InChI=1S/C40H46N4O.CH4/c1-7-41-27-42-36(45)26-44-33-25-29-18-16-20-31(29)38(33)40(5,6)35(44)22-13-11-9-10-12-21-34-39(3,4)37-30-19-15-14-17-28(30)23-24-32(37)43(34)8-2;/h9-19,21-25,31,41H,7-8,20,26-27H2,1-6H3;1H4/p+1/i;1D. The number of carbonyl (C=O) groups excluding carboxylic acids is 1. The molecule has 1 unspecified atom stereocenters. The molecule has 2 aromatic carbocycles. The minimum Gasteiger partial charge on any atom is -0.342 e. The summed E-state index contributed by atoms with van der Waals surface area (Å²) < 4.78 is 8.20. The molecule has 46 heavy (non-hydrogen) atoms. The number of carbonyl (C=O) groups is 1. The number of allylic oxidation sites excluding steroid dienone is 12. The maximum Gasteiger partial charge on any atom is 0.240 e. The lowest BCUT2D eigenvalue weighted by Gasteiger charge is -2.31. The van der Waals surface area contributed by atoms with Gasteiger partial charge in [0.1, 0.15) is 13.1 Å². The van der Waals surface area contributed by atoms with Gasteiger partial charge in [-0.3, -0.25) is 4.79 Å². The van der Waals surface area contributed by atoms with Crippen molar-refractivity contribution >= 4 is 28.1 Å². The number of nitrogens with zero attached hydrogens (tertiary/aromatic N) is 2. The van der Waals surface area contributed by atoms with Crippen LogP contribution < -0.4 is 10.6 Å². The number of nitrogens with one attached hydrogen (secondary N) is 2. The molecule has 0 radical (unpaired) electrons. The second kappa shape index (κ2) is 13.3. The van der Waals surface area contributed by atoms with Crippen LogP contribution in [0.1, 0.15) is 62.3 Å². The smallest absolute Gasteiger partial charge is 0.240 e. The van der Waals surface area contributed by atoms with Gasteiger partial charge in [-0.25, -0.2) is 0 Å². The van der Waals surface area contributed by atoms with Gasteiger partial charge in [-0.05, 0) is 73.9 Å². The van der Waals surface area contributed by atoms with Gasteiger partial charge in [-0.1, -0.05) is 95.0 Å². The quantitative estimate of drug-likeness (QED) is 0.122. The molecule has 6 rings (SSSR count). The Kier molecular flexibility index (Phi) is 9.15. The molecule has 5 nitrogen and oxygen atoms in total. The Labute approximate surface area is 277 Å². The van der Waals surface area contributed by atoms with Gasteiger partial charge in [0.15, 0.2) is 5.71 Å². The van der Waals surface area contributed by atoms with Crippen molar-refractivity contribution in [3.8, 4) is 0 Å². The molecule has 1 atom stereocenters. The largest absolute Gasteiger partial charge is 0.342 e. The number of rotatable bonds is 10. The van der Waals surface area contributed by atoms with E-state index in [4.69, 9.17) is 1.37 Å². The number of fused-ring (bicyclic) bond motifs is 5. The van der Waals surface area contributed by atoms with Crippen LogP contribution in [0.15, 0.2) is 120 Å². The van der Waals surface area contributed by atoms with E-state index in [1.165, 1.54) is 57.7 Å². The first-order valence-electron chi connectivity index (χ1n) is 17.5. The van der Waals surface area contributed by atoms with E-state index in [2.05, 4.69) is 152 Å². The summed E-state index contributed by atoms with van der Waals surface area (Å²) in [5.74, 6) is 0.446. The maximum atomic E-state index is 12.9. The molecule has 4 aliphatic rings. The molecular weight excluding hydrogens is 564 g/mol. The van der Waals surface area contributed by atoms with Gasteiger partial charge in [-0.2, -0.15) is 4.58 Å². The Morgan fingerprint density at radius 3 is 2.59 bits per heavy atom. The highest BCUT2D eigenvalue weighted by Gasteiger charge is 2.48. The van der Waals surface area contributed by atoms with Crippen LogP contribution in [0.25, 0.3) is 10.8 Å². The highest BCUT2D eigenvalue weighted by molar-refractivity contribution is 6.07. The molecule has 1 amide bonds. The molecule has 240 valence electrons. The van der Waals surface area contributed by atoms with E-state index >= 15 is 0 Å². The normalized spacial score (nSPS) is 21.8. The summed E-state index contributed by atoms with van der Waals surface area (Å²) in [5, 5.41) is 8.82. The lowest BCUT2D eigenvalue weighted by atomic mass is 9.76. The summed E-state index contributed by atoms with van der Waals surface area (Å²) in [6, 6.07) is 13.2. The SMILES string of the molecule is CCNCNC(=O)CN1C2=C(C3CC=CC3=C2)C(C)(C)\C1=C/C=C/C=C/C=C/C1=[N+](CC)c2ccc3ccccc3c2C1(C)C.[2H]C. The fourth-order valence-electron chi connectivity index (χ4n) is 7.84.